The molecule has 2 aromatic carbocycles. The molecule has 0 radical (unpaired) electrons. The number of aromatic hydroxyl groups is 1. The van der Waals surface area contributed by atoms with Gasteiger partial charge >= 0.3 is 0 Å². The van der Waals surface area contributed by atoms with E-state index in [2.05, 4.69) is 5.32 Å². The van der Waals surface area contributed by atoms with Gasteiger partial charge in [0.1, 0.15) is 5.75 Å². The summed E-state index contributed by atoms with van der Waals surface area (Å²) >= 11 is 0. The molecule has 0 heterocycles. The van der Waals surface area contributed by atoms with Gasteiger partial charge in [-0.3, -0.25) is 4.79 Å². The van der Waals surface area contributed by atoms with Crippen LogP contribution in [0.25, 0.3) is 0 Å². The topological polar surface area (TPSA) is 75.3 Å². The van der Waals surface area contributed by atoms with Gasteiger partial charge in [-0.1, -0.05) is 30.3 Å². The molecule has 2 rings (SSSR count). The van der Waals surface area contributed by atoms with Crippen molar-refractivity contribution >= 4 is 11.6 Å². The van der Waals surface area contributed by atoms with Crippen LogP contribution in [-0.4, -0.2) is 11.0 Å². The molecule has 4 nitrogen and oxygen atoms in total. The van der Waals surface area contributed by atoms with Crippen LogP contribution in [0.3, 0.4) is 0 Å². The summed E-state index contributed by atoms with van der Waals surface area (Å²) in [4.78, 5) is 11.8. The van der Waals surface area contributed by atoms with E-state index in [1.165, 1.54) is 0 Å². The van der Waals surface area contributed by atoms with Gasteiger partial charge in [0.2, 0.25) is 5.91 Å². The van der Waals surface area contributed by atoms with E-state index >= 15 is 0 Å². The molecule has 0 aromatic heterocycles. The number of amides is 1. The van der Waals surface area contributed by atoms with Gasteiger partial charge in [0.15, 0.2) is 0 Å². The summed E-state index contributed by atoms with van der Waals surface area (Å²) in [6, 6.07) is 14.4. The van der Waals surface area contributed by atoms with Crippen molar-refractivity contribution in [1.29, 1.82) is 0 Å². The molecule has 0 aliphatic carbocycles. The molecular weight excluding hydrogens is 252 g/mol. The van der Waals surface area contributed by atoms with E-state index in [0.717, 1.165) is 11.1 Å². The van der Waals surface area contributed by atoms with Crippen LogP contribution in [0.2, 0.25) is 0 Å². The number of rotatable bonds is 5. The first-order valence-corrected chi connectivity index (χ1v) is 6.53. The molecule has 1 amide bonds. The fourth-order valence-corrected chi connectivity index (χ4v) is 1.90. The van der Waals surface area contributed by atoms with Gasteiger partial charge in [-0.15, -0.1) is 0 Å². The number of phenolic OH excluding ortho intramolecular Hbond substituents is 1. The number of carbonyl (C=O) groups is 1. The van der Waals surface area contributed by atoms with Gasteiger partial charge in [-0.2, -0.15) is 0 Å². The van der Waals surface area contributed by atoms with Gasteiger partial charge in [-0.25, -0.2) is 0 Å². The summed E-state index contributed by atoms with van der Waals surface area (Å²) in [5.41, 5.74) is 8.44. The standard InChI is InChI=1S/C16H18N2O2/c17-15-4-2-1-3-13(15)11-18-16(20)10-7-12-5-8-14(19)9-6-12/h1-6,8-9,19H,7,10-11,17H2,(H,18,20). The molecule has 4 N–H and O–H groups in total. The quantitative estimate of drug-likeness (QED) is 0.729. The van der Waals surface area contributed by atoms with Crippen LogP contribution in [-0.2, 0) is 17.8 Å². The van der Waals surface area contributed by atoms with Crippen molar-refractivity contribution in [2.75, 3.05) is 5.73 Å². The largest absolute Gasteiger partial charge is 0.508 e. The fraction of sp³-hybridized carbons (Fsp3) is 0.188. The molecule has 0 atom stereocenters. The Bertz CT molecular complexity index is 579. The molecule has 0 saturated heterocycles. The first kappa shape index (κ1) is 13.9. The predicted molar refractivity (Wildman–Crippen MR) is 79.1 cm³/mol. The minimum absolute atomic E-state index is 0.0127. The SMILES string of the molecule is Nc1ccccc1CNC(=O)CCc1ccc(O)cc1. The van der Waals surface area contributed by atoms with Crippen LogP contribution >= 0.6 is 0 Å². The molecule has 2 aromatic rings. The Morgan fingerprint density at radius 3 is 2.50 bits per heavy atom. The van der Waals surface area contributed by atoms with E-state index in [-0.39, 0.29) is 11.7 Å². The molecule has 0 aliphatic rings. The normalized spacial score (nSPS) is 10.2. The summed E-state index contributed by atoms with van der Waals surface area (Å²) in [6.45, 7) is 0.446. The van der Waals surface area contributed by atoms with Gasteiger partial charge < -0.3 is 16.2 Å². The lowest BCUT2D eigenvalue weighted by Crippen LogP contribution is -2.23. The number of anilines is 1. The molecule has 0 aliphatic heterocycles. The first-order valence-electron chi connectivity index (χ1n) is 6.53. The summed E-state index contributed by atoms with van der Waals surface area (Å²) in [6.07, 6.45) is 1.06. The Morgan fingerprint density at radius 2 is 1.80 bits per heavy atom. The summed E-state index contributed by atoms with van der Waals surface area (Å²) < 4.78 is 0. The monoisotopic (exact) mass is 270 g/mol. The molecule has 0 unspecified atom stereocenters. The Morgan fingerprint density at radius 1 is 1.10 bits per heavy atom. The lowest BCUT2D eigenvalue weighted by Gasteiger charge is -2.07. The number of nitrogen functional groups attached to an aromatic ring is 1. The summed E-state index contributed by atoms with van der Waals surface area (Å²) in [5, 5.41) is 12.0. The maximum Gasteiger partial charge on any atom is 0.220 e. The van der Waals surface area contributed by atoms with E-state index in [1.54, 1.807) is 12.1 Å². The average molecular weight is 270 g/mol. The van der Waals surface area contributed by atoms with Gasteiger partial charge in [0.05, 0.1) is 0 Å². The summed E-state index contributed by atoms with van der Waals surface area (Å²) in [5.74, 6) is 0.221. The Labute approximate surface area is 118 Å². The smallest absolute Gasteiger partial charge is 0.220 e. The predicted octanol–water partition coefficient (Wildman–Crippen LogP) is 2.22. The van der Waals surface area contributed by atoms with E-state index in [4.69, 9.17) is 5.73 Å². The van der Waals surface area contributed by atoms with E-state index < -0.39 is 0 Å². The number of carbonyl (C=O) groups excluding carboxylic acids is 1. The third-order valence-corrected chi connectivity index (χ3v) is 3.11. The Kier molecular flexibility index (Phi) is 4.60. The number of nitrogens with one attached hydrogen (secondary N) is 1. The van der Waals surface area contributed by atoms with Crippen molar-refractivity contribution in [3.63, 3.8) is 0 Å². The highest BCUT2D eigenvalue weighted by Crippen LogP contribution is 2.12. The van der Waals surface area contributed by atoms with E-state index in [1.807, 2.05) is 36.4 Å². The second kappa shape index (κ2) is 6.61. The van der Waals surface area contributed by atoms with Crippen molar-refractivity contribution in [2.45, 2.75) is 19.4 Å². The second-order valence-corrected chi connectivity index (χ2v) is 4.64. The number of benzene rings is 2. The third kappa shape index (κ3) is 4.02. The second-order valence-electron chi connectivity index (χ2n) is 4.64. The highest BCUT2D eigenvalue weighted by Gasteiger charge is 2.04. The number of phenols is 1. The number of hydrogen-bond donors (Lipinski definition) is 3. The lowest BCUT2D eigenvalue weighted by molar-refractivity contribution is -0.121. The van der Waals surface area contributed by atoms with Crippen LogP contribution in [0.5, 0.6) is 5.75 Å². The van der Waals surface area contributed by atoms with Gasteiger partial charge in [-0.05, 0) is 35.7 Å². The number of nitrogens with two attached hydrogens (primary N) is 1. The number of hydrogen-bond acceptors (Lipinski definition) is 3. The van der Waals surface area contributed by atoms with Crippen LogP contribution in [0.15, 0.2) is 48.5 Å². The molecule has 20 heavy (non-hydrogen) atoms. The minimum Gasteiger partial charge on any atom is -0.508 e. The maximum absolute atomic E-state index is 11.8. The van der Waals surface area contributed by atoms with Gasteiger partial charge in [0, 0.05) is 18.7 Å². The van der Waals surface area contributed by atoms with Crippen LogP contribution < -0.4 is 11.1 Å². The Balaban J connectivity index is 1.78. The first-order chi connectivity index (χ1) is 9.65. The highest BCUT2D eigenvalue weighted by atomic mass is 16.3. The highest BCUT2D eigenvalue weighted by molar-refractivity contribution is 5.76. The fourth-order valence-electron chi connectivity index (χ4n) is 1.90. The maximum atomic E-state index is 11.8. The zero-order valence-electron chi connectivity index (χ0n) is 11.2. The van der Waals surface area contributed by atoms with Crippen molar-refractivity contribution in [1.82, 2.24) is 5.32 Å². The van der Waals surface area contributed by atoms with Crippen molar-refractivity contribution in [3.8, 4) is 5.75 Å². The molecule has 0 spiro atoms. The van der Waals surface area contributed by atoms with Crippen molar-refractivity contribution in [3.05, 3.63) is 59.7 Å². The minimum atomic E-state index is -0.0127. The molecular formula is C16H18N2O2. The molecule has 0 fully saturated rings. The van der Waals surface area contributed by atoms with Crippen LogP contribution in [0.4, 0.5) is 5.69 Å². The average Bonchev–Trinajstić information content (AvgIpc) is 2.46. The van der Waals surface area contributed by atoms with Crippen molar-refractivity contribution < 1.29 is 9.90 Å². The van der Waals surface area contributed by atoms with Crippen LogP contribution in [0, 0.1) is 0 Å². The number of aryl methyl sites for hydroxylation is 1. The van der Waals surface area contributed by atoms with E-state index in [9.17, 15) is 9.90 Å². The molecule has 0 bridgehead atoms. The zero-order valence-corrected chi connectivity index (χ0v) is 11.2. The van der Waals surface area contributed by atoms with Crippen molar-refractivity contribution in [2.24, 2.45) is 0 Å². The Hall–Kier alpha value is -2.49. The zero-order chi connectivity index (χ0) is 14.4. The molecule has 4 heteroatoms. The third-order valence-electron chi connectivity index (χ3n) is 3.11. The summed E-state index contributed by atoms with van der Waals surface area (Å²) in [7, 11) is 0. The van der Waals surface area contributed by atoms with Crippen LogP contribution in [0.1, 0.15) is 17.5 Å². The molecule has 0 saturated carbocycles. The lowest BCUT2D eigenvalue weighted by atomic mass is 10.1. The van der Waals surface area contributed by atoms with Gasteiger partial charge in [0.25, 0.3) is 0 Å². The number of para-hydroxylation sites is 1. The van der Waals surface area contributed by atoms with E-state index in [0.29, 0.717) is 25.1 Å². The molecule has 104 valence electrons.